The van der Waals surface area contributed by atoms with Crippen LogP contribution in [0, 0.1) is 0 Å². The van der Waals surface area contributed by atoms with Gasteiger partial charge in [0.25, 0.3) is 0 Å². The molecule has 0 aliphatic carbocycles. The van der Waals surface area contributed by atoms with Crippen molar-refractivity contribution < 1.29 is 31.9 Å². The average molecular weight is 597 g/mol. The Labute approximate surface area is 226 Å². The maximum Gasteiger partial charge on any atom is 0.417 e. The second-order valence-corrected chi connectivity index (χ2v) is 10.1. The van der Waals surface area contributed by atoms with Gasteiger partial charge in [-0.2, -0.15) is 13.2 Å². The minimum Gasteiger partial charge on any atom is -0.493 e. The maximum absolute atomic E-state index is 13.5. The summed E-state index contributed by atoms with van der Waals surface area (Å²) in [6.45, 7) is 4.52. The highest BCUT2D eigenvalue weighted by atomic mass is 79.9. The number of amides is 2. The summed E-state index contributed by atoms with van der Waals surface area (Å²) >= 11 is 3.39. The first-order valence-corrected chi connectivity index (χ1v) is 13.1. The van der Waals surface area contributed by atoms with Gasteiger partial charge >= 0.3 is 17.8 Å². The van der Waals surface area contributed by atoms with E-state index in [1.54, 1.807) is 11.8 Å². The Bertz CT molecular complexity index is 1360. The van der Waals surface area contributed by atoms with Gasteiger partial charge in [-0.1, -0.05) is 41.4 Å². The number of alkyl halides is 3. The quantitative estimate of drug-likeness (QED) is 0.223. The van der Waals surface area contributed by atoms with Crippen LogP contribution in [0.2, 0.25) is 0 Å². The van der Waals surface area contributed by atoms with E-state index < -0.39 is 23.1 Å². The van der Waals surface area contributed by atoms with Crippen molar-refractivity contribution in [3.63, 3.8) is 0 Å². The molecule has 1 unspecified atom stereocenters. The van der Waals surface area contributed by atoms with Crippen molar-refractivity contribution in [1.82, 2.24) is 10.2 Å². The molecule has 1 aliphatic rings. The van der Waals surface area contributed by atoms with Crippen LogP contribution in [0.4, 0.5) is 18.0 Å². The average Bonchev–Trinajstić information content (AvgIpc) is 2.85. The number of aryl methyl sites for hydroxylation is 1. The van der Waals surface area contributed by atoms with Crippen molar-refractivity contribution in [2.45, 2.75) is 51.4 Å². The third kappa shape index (κ3) is 6.15. The number of carbonyl (C=O) groups excluding carboxylic acids is 1. The number of carbonyl (C=O) groups is 1. The predicted molar refractivity (Wildman–Crippen MR) is 139 cm³/mol. The van der Waals surface area contributed by atoms with Crippen LogP contribution < -0.4 is 15.7 Å². The summed E-state index contributed by atoms with van der Waals surface area (Å²) in [4.78, 5) is 26.1. The molecular formula is C27H28BrF3N2O5. The lowest BCUT2D eigenvalue weighted by molar-refractivity contribution is -0.136. The first kappa shape index (κ1) is 28.0. The molecule has 38 heavy (non-hydrogen) atoms. The zero-order chi connectivity index (χ0) is 27.5. The molecule has 1 N–H and O–H groups in total. The third-order valence-corrected chi connectivity index (χ3v) is 6.92. The lowest BCUT2D eigenvalue weighted by Gasteiger charge is -2.40. The number of hydrogen-bond acceptors (Lipinski definition) is 5. The molecule has 0 radical (unpaired) electrons. The number of unbranched alkanes of at least 4 members (excludes halogenated alkanes) is 1. The molecule has 0 spiro atoms. The van der Waals surface area contributed by atoms with E-state index in [1.165, 1.54) is 12.1 Å². The third-order valence-electron chi connectivity index (χ3n) is 6.39. The summed E-state index contributed by atoms with van der Waals surface area (Å²) in [5, 5.41) is 2.74. The van der Waals surface area contributed by atoms with Crippen LogP contribution >= 0.6 is 15.9 Å². The lowest BCUT2D eigenvalue weighted by Crippen LogP contribution is -2.58. The van der Waals surface area contributed by atoms with E-state index in [9.17, 15) is 22.8 Å². The van der Waals surface area contributed by atoms with Gasteiger partial charge in [0.15, 0.2) is 5.72 Å². The second kappa shape index (κ2) is 11.4. The highest BCUT2D eigenvalue weighted by Gasteiger charge is 2.37. The van der Waals surface area contributed by atoms with E-state index in [1.807, 2.05) is 31.2 Å². The summed E-state index contributed by atoms with van der Waals surface area (Å²) in [6, 6.07) is 10.5. The minimum absolute atomic E-state index is 0.0971. The predicted octanol–water partition coefficient (Wildman–Crippen LogP) is 6.56. The molecular weight excluding hydrogens is 569 g/mol. The molecule has 204 valence electrons. The molecule has 1 aromatic heterocycles. The molecule has 2 aromatic carbocycles. The molecule has 4 rings (SSSR count). The Morgan fingerprint density at radius 2 is 1.87 bits per heavy atom. The number of ether oxygens (including phenoxy) is 2. The molecule has 1 saturated heterocycles. The van der Waals surface area contributed by atoms with E-state index in [2.05, 4.69) is 21.2 Å². The van der Waals surface area contributed by atoms with Gasteiger partial charge in [0.05, 0.1) is 12.2 Å². The number of urea groups is 1. The van der Waals surface area contributed by atoms with Crippen LogP contribution in [0.15, 0.2) is 56.1 Å². The molecule has 2 heterocycles. The van der Waals surface area contributed by atoms with Crippen LogP contribution in [0.25, 0.3) is 11.0 Å². The van der Waals surface area contributed by atoms with Crippen LogP contribution in [0.1, 0.15) is 49.8 Å². The first-order chi connectivity index (χ1) is 18.0. The van der Waals surface area contributed by atoms with E-state index in [-0.39, 0.29) is 30.3 Å². The van der Waals surface area contributed by atoms with E-state index in [0.717, 1.165) is 10.0 Å². The largest absolute Gasteiger partial charge is 0.493 e. The molecule has 1 atom stereocenters. The maximum atomic E-state index is 13.5. The number of nitrogens with one attached hydrogen (secondary N) is 1. The SMILES string of the molecule is CCCc1c(OCCCCN2COC(C)(c3ccc(Br)cc3)NC2=O)ccc2c(C(F)(F)F)cc(=O)oc12. The van der Waals surface area contributed by atoms with Gasteiger partial charge in [-0.15, -0.1) is 0 Å². The van der Waals surface area contributed by atoms with Gasteiger partial charge < -0.3 is 24.1 Å². The molecule has 2 amide bonds. The van der Waals surface area contributed by atoms with E-state index >= 15 is 0 Å². The van der Waals surface area contributed by atoms with Crippen molar-refractivity contribution in [3.05, 3.63) is 74.0 Å². The summed E-state index contributed by atoms with van der Waals surface area (Å²) in [5.74, 6) is 0.381. The van der Waals surface area contributed by atoms with Gasteiger partial charge in [0.1, 0.15) is 18.1 Å². The second-order valence-electron chi connectivity index (χ2n) is 9.21. The molecule has 0 bridgehead atoms. The van der Waals surface area contributed by atoms with Crippen molar-refractivity contribution in [2.24, 2.45) is 0 Å². The minimum atomic E-state index is -4.68. The first-order valence-electron chi connectivity index (χ1n) is 12.3. The number of fused-ring (bicyclic) bond motifs is 1. The fourth-order valence-electron chi connectivity index (χ4n) is 4.38. The zero-order valence-corrected chi connectivity index (χ0v) is 22.6. The topological polar surface area (TPSA) is 81.0 Å². The van der Waals surface area contributed by atoms with Crippen LogP contribution in [-0.4, -0.2) is 30.8 Å². The summed E-state index contributed by atoms with van der Waals surface area (Å²) < 4.78 is 58.4. The molecule has 0 saturated carbocycles. The number of halogens is 4. The van der Waals surface area contributed by atoms with Crippen molar-refractivity contribution in [1.29, 1.82) is 0 Å². The Morgan fingerprint density at radius 3 is 2.53 bits per heavy atom. The van der Waals surface area contributed by atoms with Crippen LogP contribution in [0.3, 0.4) is 0 Å². The fourth-order valence-corrected chi connectivity index (χ4v) is 4.65. The Kier molecular flexibility index (Phi) is 8.37. The van der Waals surface area contributed by atoms with Crippen molar-refractivity contribution >= 4 is 32.9 Å². The highest BCUT2D eigenvalue weighted by molar-refractivity contribution is 9.10. The van der Waals surface area contributed by atoms with Gasteiger partial charge in [0, 0.05) is 33.6 Å². The molecule has 7 nitrogen and oxygen atoms in total. The van der Waals surface area contributed by atoms with E-state index in [4.69, 9.17) is 13.9 Å². The molecule has 1 fully saturated rings. The van der Waals surface area contributed by atoms with Gasteiger partial charge in [-0.25, -0.2) is 9.59 Å². The summed E-state index contributed by atoms with van der Waals surface area (Å²) in [7, 11) is 0. The van der Waals surface area contributed by atoms with Gasteiger partial charge in [0.2, 0.25) is 0 Å². The summed E-state index contributed by atoms with van der Waals surface area (Å²) in [5.41, 5.74) is -1.84. The van der Waals surface area contributed by atoms with Crippen LogP contribution in [-0.2, 0) is 23.1 Å². The number of rotatable bonds is 9. The Balaban J connectivity index is 1.35. The summed E-state index contributed by atoms with van der Waals surface area (Å²) in [6.07, 6.45) is -2.46. The molecule has 3 aromatic rings. The number of hydrogen-bond donors (Lipinski definition) is 1. The normalized spacial score (nSPS) is 18.1. The monoisotopic (exact) mass is 596 g/mol. The fraction of sp³-hybridized carbons (Fsp3) is 0.407. The van der Waals surface area contributed by atoms with Crippen molar-refractivity contribution in [3.8, 4) is 5.75 Å². The molecule has 11 heteroatoms. The van der Waals surface area contributed by atoms with Gasteiger partial charge in [-0.3, -0.25) is 0 Å². The van der Waals surface area contributed by atoms with Crippen LogP contribution in [0.5, 0.6) is 5.75 Å². The standard InChI is InChI=1S/C27H28BrF3N2O5/c1-3-6-20-22(12-11-19-21(27(29,30)31)15-23(34)38-24(19)20)36-14-5-4-13-33-16-37-26(2,32-25(33)35)17-7-9-18(28)10-8-17/h7-12,15H,3-6,13-14,16H2,1-2H3,(H,32,35). The number of benzene rings is 2. The van der Waals surface area contributed by atoms with Crippen molar-refractivity contribution in [2.75, 3.05) is 19.9 Å². The zero-order valence-electron chi connectivity index (χ0n) is 21.0. The molecule has 1 aliphatic heterocycles. The Morgan fingerprint density at radius 1 is 1.13 bits per heavy atom. The van der Waals surface area contributed by atoms with E-state index in [0.29, 0.717) is 49.6 Å². The smallest absolute Gasteiger partial charge is 0.417 e. The Hall–Kier alpha value is -3.05. The number of nitrogens with zero attached hydrogens (tertiary/aromatic N) is 1. The highest BCUT2D eigenvalue weighted by Crippen LogP contribution is 2.37. The van der Waals surface area contributed by atoms with Gasteiger partial charge in [-0.05, 0) is 50.5 Å². The lowest BCUT2D eigenvalue weighted by atomic mass is 10.0.